The lowest BCUT2D eigenvalue weighted by Gasteiger charge is -2.16. The molecule has 1 aromatic carbocycles. The van der Waals surface area contributed by atoms with Gasteiger partial charge >= 0.3 is 0 Å². The highest BCUT2D eigenvalue weighted by Gasteiger charge is 2.54. The van der Waals surface area contributed by atoms with Crippen molar-refractivity contribution < 1.29 is 0 Å². The fourth-order valence-corrected chi connectivity index (χ4v) is 3.34. The number of hydrogen-bond acceptors (Lipinski definition) is 2. The van der Waals surface area contributed by atoms with Crippen LogP contribution in [0.5, 0.6) is 0 Å². The van der Waals surface area contributed by atoms with Crippen LogP contribution in [-0.2, 0) is 6.54 Å². The lowest BCUT2D eigenvalue weighted by Crippen LogP contribution is -2.15. The summed E-state index contributed by atoms with van der Waals surface area (Å²) in [4.78, 5) is 0. The number of rotatable bonds is 4. The first-order valence-corrected chi connectivity index (χ1v) is 7.40. The highest BCUT2D eigenvalue weighted by atomic mass is 32.1. The third-order valence-electron chi connectivity index (χ3n) is 4.60. The Bertz CT molecular complexity index is 648. The molecular formula is C15H17N3S. The molecule has 1 heterocycles. The fraction of sp³-hybridized carbons (Fsp3) is 0.467. The van der Waals surface area contributed by atoms with Crippen LogP contribution in [-0.4, -0.2) is 14.8 Å². The number of H-pyrrole nitrogens is 1. The van der Waals surface area contributed by atoms with Crippen LogP contribution in [0.2, 0.25) is 0 Å². The zero-order valence-electron chi connectivity index (χ0n) is 10.8. The predicted octanol–water partition coefficient (Wildman–Crippen LogP) is 3.80. The second kappa shape index (κ2) is 4.04. The van der Waals surface area contributed by atoms with E-state index in [0.717, 1.165) is 28.6 Å². The first kappa shape index (κ1) is 11.4. The van der Waals surface area contributed by atoms with Crippen molar-refractivity contribution in [3.8, 4) is 11.4 Å². The maximum atomic E-state index is 5.42. The standard InChI is InChI=1S/C15H17N3S/c19-14-17-16-13(11-4-2-1-3-5-11)18(14)10-15(8-9-15)12-6-7-12/h1-5,12H,6-10H2,(H,17,19). The molecule has 2 saturated carbocycles. The Balaban J connectivity index is 1.72. The molecule has 0 spiro atoms. The Hall–Kier alpha value is -1.42. The summed E-state index contributed by atoms with van der Waals surface area (Å²) in [5.74, 6) is 1.92. The molecule has 3 nitrogen and oxygen atoms in total. The Morgan fingerprint density at radius 2 is 2.00 bits per heavy atom. The van der Waals surface area contributed by atoms with Crippen LogP contribution in [0.15, 0.2) is 30.3 Å². The molecule has 0 saturated heterocycles. The molecule has 4 heteroatoms. The maximum absolute atomic E-state index is 5.42. The van der Waals surface area contributed by atoms with E-state index in [1.807, 2.05) is 18.2 Å². The van der Waals surface area contributed by atoms with E-state index in [0.29, 0.717) is 5.41 Å². The number of aromatic nitrogens is 3. The minimum Gasteiger partial charge on any atom is -0.300 e. The van der Waals surface area contributed by atoms with Crippen LogP contribution in [0.3, 0.4) is 0 Å². The van der Waals surface area contributed by atoms with Gasteiger partial charge in [0.15, 0.2) is 10.6 Å². The minimum atomic E-state index is 0.533. The highest BCUT2D eigenvalue weighted by molar-refractivity contribution is 7.71. The molecule has 0 bridgehead atoms. The van der Waals surface area contributed by atoms with E-state index in [1.54, 1.807) is 0 Å². The highest BCUT2D eigenvalue weighted by Crippen LogP contribution is 2.62. The molecule has 0 radical (unpaired) electrons. The molecule has 2 fully saturated rings. The molecule has 0 atom stereocenters. The summed E-state index contributed by atoms with van der Waals surface area (Å²) in [6.07, 6.45) is 5.54. The average Bonchev–Trinajstić information content (AvgIpc) is 3.32. The van der Waals surface area contributed by atoms with Gasteiger partial charge in [-0.1, -0.05) is 30.3 Å². The third kappa shape index (κ3) is 1.94. The van der Waals surface area contributed by atoms with Gasteiger partial charge in [-0.15, -0.1) is 0 Å². The largest absolute Gasteiger partial charge is 0.300 e. The van der Waals surface area contributed by atoms with Crippen LogP contribution in [0.4, 0.5) is 0 Å². The van der Waals surface area contributed by atoms with Crippen molar-refractivity contribution in [2.45, 2.75) is 32.2 Å². The topological polar surface area (TPSA) is 33.6 Å². The monoisotopic (exact) mass is 271 g/mol. The number of benzene rings is 1. The molecule has 2 aromatic rings. The summed E-state index contributed by atoms with van der Waals surface area (Å²) in [5.41, 5.74) is 1.67. The van der Waals surface area contributed by atoms with Gasteiger partial charge in [-0.2, -0.15) is 5.10 Å². The van der Waals surface area contributed by atoms with Crippen LogP contribution in [0.1, 0.15) is 25.7 Å². The van der Waals surface area contributed by atoms with Crippen molar-refractivity contribution in [1.29, 1.82) is 0 Å². The number of hydrogen-bond donors (Lipinski definition) is 1. The summed E-state index contributed by atoms with van der Waals surface area (Å²) in [5, 5.41) is 7.38. The van der Waals surface area contributed by atoms with Gasteiger partial charge in [0.1, 0.15) is 0 Å². The molecule has 4 rings (SSSR count). The molecule has 2 aliphatic rings. The second-order valence-electron chi connectivity index (χ2n) is 5.94. The number of nitrogens with zero attached hydrogens (tertiary/aromatic N) is 2. The van der Waals surface area contributed by atoms with Crippen molar-refractivity contribution in [2.24, 2.45) is 11.3 Å². The lowest BCUT2D eigenvalue weighted by molar-refractivity contribution is 0.369. The van der Waals surface area contributed by atoms with E-state index in [1.165, 1.54) is 25.7 Å². The quantitative estimate of drug-likeness (QED) is 0.858. The van der Waals surface area contributed by atoms with Crippen LogP contribution >= 0.6 is 12.2 Å². The van der Waals surface area contributed by atoms with Crippen LogP contribution in [0.25, 0.3) is 11.4 Å². The summed E-state index contributed by atoms with van der Waals surface area (Å²) in [6.45, 7) is 1.04. The van der Waals surface area contributed by atoms with E-state index in [4.69, 9.17) is 12.2 Å². The summed E-state index contributed by atoms with van der Waals surface area (Å²) < 4.78 is 2.96. The van der Waals surface area contributed by atoms with Crippen LogP contribution < -0.4 is 0 Å². The van der Waals surface area contributed by atoms with Crippen molar-refractivity contribution >= 4 is 12.2 Å². The van der Waals surface area contributed by atoms with Gasteiger partial charge in [-0.25, -0.2) is 0 Å². The maximum Gasteiger partial charge on any atom is 0.195 e. The Labute approximate surface area is 117 Å². The second-order valence-corrected chi connectivity index (χ2v) is 6.33. The van der Waals surface area contributed by atoms with E-state index in [9.17, 15) is 0 Å². The molecule has 0 unspecified atom stereocenters. The number of aromatic amines is 1. The van der Waals surface area contributed by atoms with Gasteiger partial charge in [0, 0.05) is 12.1 Å². The third-order valence-corrected chi connectivity index (χ3v) is 4.91. The Morgan fingerprint density at radius 3 is 2.63 bits per heavy atom. The van der Waals surface area contributed by atoms with Crippen molar-refractivity contribution in [3.05, 3.63) is 35.1 Å². The zero-order chi connectivity index (χ0) is 12.9. The molecule has 1 aromatic heterocycles. The van der Waals surface area contributed by atoms with Gasteiger partial charge in [-0.05, 0) is 49.2 Å². The van der Waals surface area contributed by atoms with E-state index < -0.39 is 0 Å². The van der Waals surface area contributed by atoms with Gasteiger partial charge in [0.2, 0.25) is 0 Å². The minimum absolute atomic E-state index is 0.533. The number of nitrogens with one attached hydrogen (secondary N) is 1. The molecule has 0 amide bonds. The first-order valence-electron chi connectivity index (χ1n) is 6.99. The smallest absolute Gasteiger partial charge is 0.195 e. The molecule has 1 N–H and O–H groups in total. The summed E-state index contributed by atoms with van der Waals surface area (Å²) >= 11 is 5.42. The van der Waals surface area contributed by atoms with Gasteiger partial charge in [0.25, 0.3) is 0 Å². The van der Waals surface area contributed by atoms with Gasteiger partial charge in [0.05, 0.1) is 0 Å². The molecular weight excluding hydrogens is 254 g/mol. The van der Waals surface area contributed by atoms with Crippen molar-refractivity contribution in [1.82, 2.24) is 14.8 Å². The Morgan fingerprint density at radius 1 is 1.26 bits per heavy atom. The molecule has 19 heavy (non-hydrogen) atoms. The predicted molar refractivity (Wildman–Crippen MR) is 77.2 cm³/mol. The molecule has 0 aliphatic heterocycles. The van der Waals surface area contributed by atoms with E-state index >= 15 is 0 Å². The zero-order valence-corrected chi connectivity index (χ0v) is 11.6. The SMILES string of the molecule is S=c1[nH]nc(-c2ccccc2)n1CC1(C2CC2)CC1. The average molecular weight is 271 g/mol. The summed E-state index contributed by atoms with van der Waals surface area (Å²) in [6, 6.07) is 10.3. The van der Waals surface area contributed by atoms with Crippen LogP contribution in [0, 0.1) is 16.1 Å². The Kier molecular flexibility index (Phi) is 2.42. The fourth-order valence-electron chi connectivity index (χ4n) is 3.14. The molecule has 2 aliphatic carbocycles. The van der Waals surface area contributed by atoms with Crippen molar-refractivity contribution in [2.75, 3.05) is 0 Å². The normalized spacial score (nSPS) is 20.4. The summed E-state index contributed by atoms with van der Waals surface area (Å²) in [7, 11) is 0. The van der Waals surface area contributed by atoms with Crippen molar-refractivity contribution in [3.63, 3.8) is 0 Å². The molecule has 98 valence electrons. The van der Waals surface area contributed by atoms with E-state index in [2.05, 4.69) is 26.9 Å². The van der Waals surface area contributed by atoms with E-state index in [-0.39, 0.29) is 0 Å². The first-order chi connectivity index (χ1) is 9.28. The lowest BCUT2D eigenvalue weighted by atomic mass is 10.0. The van der Waals surface area contributed by atoms with Gasteiger partial charge < -0.3 is 0 Å². The van der Waals surface area contributed by atoms with Gasteiger partial charge in [-0.3, -0.25) is 9.67 Å².